The van der Waals surface area contributed by atoms with Gasteiger partial charge in [0.05, 0.1) is 5.69 Å². The van der Waals surface area contributed by atoms with Gasteiger partial charge in [-0.2, -0.15) is 0 Å². The highest BCUT2D eigenvalue weighted by Gasteiger charge is 2.31. The van der Waals surface area contributed by atoms with E-state index in [2.05, 4.69) is 48.1 Å². The summed E-state index contributed by atoms with van der Waals surface area (Å²) in [5, 5.41) is 3.10. The van der Waals surface area contributed by atoms with Crippen molar-refractivity contribution in [3.8, 4) is 0 Å². The zero-order chi connectivity index (χ0) is 13.2. The van der Waals surface area contributed by atoms with Gasteiger partial charge in [0.1, 0.15) is 5.82 Å². The van der Waals surface area contributed by atoms with Crippen LogP contribution in [0.5, 0.6) is 0 Å². The molecule has 18 heavy (non-hydrogen) atoms. The van der Waals surface area contributed by atoms with E-state index in [0.717, 1.165) is 24.0 Å². The first kappa shape index (κ1) is 13.3. The molecule has 1 unspecified atom stereocenters. The summed E-state index contributed by atoms with van der Waals surface area (Å²) in [7, 11) is 1.91. The molecule has 0 amide bonds. The number of anilines is 1. The van der Waals surface area contributed by atoms with Crippen molar-refractivity contribution in [3.05, 3.63) is 23.9 Å². The average molecular weight is 247 g/mol. The molecule has 1 aromatic rings. The van der Waals surface area contributed by atoms with E-state index in [4.69, 9.17) is 0 Å². The van der Waals surface area contributed by atoms with Crippen molar-refractivity contribution >= 4 is 5.82 Å². The van der Waals surface area contributed by atoms with Gasteiger partial charge < -0.3 is 5.32 Å². The molecule has 0 aliphatic carbocycles. The summed E-state index contributed by atoms with van der Waals surface area (Å²) in [6, 6.07) is 6.20. The van der Waals surface area contributed by atoms with E-state index in [9.17, 15) is 0 Å². The molecule has 1 aliphatic rings. The lowest BCUT2D eigenvalue weighted by atomic mass is 9.80. The van der Waals surface area contributed by atoms with Crippen LogP contribution in [-0.2, 0) is 6.54 Å². The van der Waals surface area contributed by atoms with Crippen molar-refractivity contribution in [1.82, 2.24) is 9.88 Å². The molecule has 2 heterocycles. The van der Waals surface area contributed by atoms with Gasteiger partial charge in [-0.3, -0.25) is 4.90 Å². The van der Waals surface area contributed by atoms with Crippen molar-refractivity contribution in [2.45, 2.75) is 33.7 Å². The molecule has 0 saturated carbocycles. The second-order valence-corrected chi connectivity index (χ2v) is 6.35. The Kier molecular flexibility index (Phi) is 3.91. The standard InChI is InChI=1S/C15H25N3/c1-15(2,3)12-8-9-18(10-12)11-13-6-5-7-14(16-4)17-13/h5-7,12H,8-11H2,1-4H3,(H,16,17). The monoisotopic (exact) mass is 247 g/mol. The largest absolute Gasteiger partial charge is 0.373 e. The van der Waals surface area contributed by atoms with E-state index < -0.39 is 0 Å². The minimum absolute atomic E-state index is 0.426. The van der Waals surface area contributed by atoms with Gasteiger partial charge in [-0.05, 0) is 36.4 Å². The zero-order valence-electron chi connectivity index (χ0n) is 12.0. The number of nitrogens with zero attached hydrogens (tertiary/aromatic N) is 2. The van der Waals surface area contributed by atoms with Crippen molar-refractivity contribution in [1.29, 1.82) is 0 Å². The number of hydrogen-bond donors (Lipinski definition) is 1. The maximum Gasteiger partial charge on any atom is 0.126 e. The van der Waals surface area contributed by atoms with Gasteiger partial charge in [-0.25, -0.2) is 4.98 Å². The molecule has 1 saturated heterocycles. The molecular weight excluding hydrogens is 222 g/mol. The van der Waals surface area contributed by atoms with Crippen LogP contribution in [0, 0.1) is 11.3 Å². The van der Waals surface area contributed by atoms with E-state index in [1.165, 1.54) is 19.5 Å². The van der Waals surface area contributed by atoms with Gasteiger partial charge in [0.25, 0.3) is 0 Å². The fourth-order valence-corrected chi connectivity index (χ4v) is 2.62. The Balaban J connectivity index is 1.95. The summed E-state index contributed by atoms with van der Waals surface area (Å²) in [5.74, 6) is 1.77. The summed E-state index contributed by atoms with van der Waals surface area (Å²) < 4.78 is 0. The first-order valence-electron chi connectivity index (χ1n) is 6.85. The van der Waals surface area contributed by atoms with Crippen LogP contribution in [0.4, 0.5) is 5.82 Å². The SMILES string of the molecule is CNc1cccc(CN2CCC(C(C)(C)C)C2)n1. The molecule has 1 N–H and O–H groups in total. The molecule has 3 heteroatoms. The number of aromatic nitrogens is 1. The smallest absolute Gasteiger partial charge is 0.126 e. The Labute approximate surface area is 111 Å². The van der Waals surface area contributed by atoms with E-state index in [-0.39, 0.29) is 0 Å². The number of likely N-dealkylation sites (tertiary alicyclic amines) is 1. The first-order valence-corrected chi connectivity index (χ1v) is 6.85. The number of pyridine rings is 1. The van der Waals surface area contributed by atoms with Crippen LogP contribution < -0.4 is 5.32 Å². The molecule has 0 radical (unpaired) electrons. The maximum atomic E-state index is 4.59. The topological polar surface area (TPSA) is 28.2 Å². The summed E-state index contributed by atoms with van der Waals surface area (Å²) in [4.78, 5) is 7.11. The first-order chi connectivity index (χ1) is 8.49. The normalized spacial score (nSPS) is 21.2. The summed E-state index contributed by atoms with van der Waals surface area (Å²) in [6.45, 7) is 10.4. The average Bonchev–Trinajstić information content (AvgIpc) is 2.77. The molecule has 2 rings (SSSR count). The third-order valence-corrected chi connectivity index (χ3v) is 3.95. The number of hydrogen-bond acceptors (Lipinski definition) is 3. The quantitative estimate of drug-likeness (QED) is 0.890. The van der Waals surface area contributed by atoms with Crippen molar-refractivity contribution < 1.29 is 0 Å². The summed E-state index contributed by atoms with van der Waals surface area (Å²) in [6.07, 6.45) is 1.31. The number of nitrogens with one attached hydrogen (secondary N) is 1. The van der Waals surface area contributed by atoms with E-state index in [0.29, 0.717) is 5.41 Å². The number of rotatable bonds is 3. The molecule has 1 aliphatic heterocycles. The molecule has 1 aromatic heterocycles. The second-order valence-electron chi connectivity index (χ2n) is 6.35. The van der Waals surface area contributed by atoms with Crippen LogP contribution in [0.15, 0.2) is 18.2 Å². The highest BCUT2D eigenvalue weighted by molar-refractivity contribution is 5.34. The van der Waals surface area contributed by atoms with Crippen LogP contribution in [0.1, 0.15) is 32.9 Å². The lowest BCUT2D eigenvalue weighted by Gasteiger charge is -2.27. The third-order valence-electron chi connectivity index (χ3n) is 3.95. The Hall–Kier alpha value is -1.09. The highest BCUT2D eigenvalue weighted by atomic mass is 15.2. The summed E-state index contributed by atoms with van der Waals surface area (Å²) in [5.41, 5.74) is 1.59. The maximum absolute atomic E-state index is 4.59. The van der Waals surface area contributed by atoms with Crippen LogP contribution in [0.2, 0.25) is 0 Å². The fraction of sp³-hybridized carbons (Fsp3) is 0.667. The predicted octanol–water partition coefficient (Wildman–Crippen LogP) is 2.99. The Morgan fingerprint density at radius 3 is 2.78 bits per heavy atom. The molecule has 0 spiro atoms. The van der Waals surface area contributed by atoms with Crippen LogP contribution in [0.3, 0.4) is 0 Å². The Morgan fingerprint density at radius 2 is 2.17 bits per heavy atom. The van der Waals surface area contributed by atoms with Gasteiger partial charge in [-0.1, -0.05) is 26.8 Å². The molecule has 1 fully saturated rings. The zero-order valence-corrected chi connectivity index (χ0v) is 12.0. The Morgan fingerprint density at radius 1 is 1.39 bits per heavy atom. The Bertz CT molecular complexity index is 395. The van der Waals surface area contributed by atoms with E-state index in [1.54, 1.807) is 0 Å². The minimum Gasteiger partial charge on any atom is -0.373 e. The predicted molar refractivity (Wildman–Crippen MR) is 76.6 cm³/mol. The molecule has 1 atom stereocenters. The third kappa shape index (κ3) is 3.22. The van der Waals surface area contributed by atoms with Crippen LogP contribution in [-0.4, -0.2) is 30.0 Å². The van der Waals surface area contributed by atoms with Crippen LogP contribution >= 0.6 is 0 Å². The van der Waals surface area contributed by atoms with E-state index in [1.807, 2.05) is 13.1 Å². The van der Waals surface area contributed by atoms with Gasteiger partial charge in [0.15, 0.2) is 0 Å². The molecule has 100 valence electrons. The summed E-state index contributed by atoms with van der Waals surface area (Å²) >= 11 is 0. The van der Waals surface area contributed by atoms with Gasteiger partial charge in [-0.15, -0.1) is 0 Å². The van der Waals surface area contributed by atoms with Crippen molar-refractivity contribution in [2.24, 2.45) is 11.3 Å². The molecule has 0 bridgehead atoms. The lowest BCUT2D eigenvalue weighted by Crippen LogP contribution is -2.26. The highest BCUT2D eigenvalue weighted by Crippen LogP contribution is 2.33. The molecule has 0 aromatic carbocycles. The van der Waals surface area contributed by atoms with Gasteiger partial charge >= 0.3 is 0 Å². The second kappa shape index (κ2) is 5.27. The van der Waals surface area contributed by atoms with Gasteiger partial charge in [0.2, 0.25) is 0 Å². The van der Waals surface area contributed by atoms with Crippen LogP contribution in [0.25, 0.3) is 0 Å². The van der Waals surface area contributed by atoms with E-state index >= 15 is 0 Å². The lowest BCUT2D eigenvalue weighted by molar-refractivity contribution is 0.225. The molecular formula is C15H25N3. The van der Waals surface area contributed by atoms with Crippen molar-refractivity contribution in [2.75, 3.05) is 25.5 Å². The van der Waals surface area contributed by atoms with Gasteiger partial charge in [0, 0.05) is 20.1 Å². The molecule has 3 nitrogen and oxygen atoms in total. The fourth-order valence-electron chi connectivity index (χ4n) is 2.62. The van der Waals surface area contributed by atoms with Crippen molar-refractivity contribution in [3.63, 3.8) is 0 Å². The minimum atomic E-state index is 0.426.